The Hall–Kier alpha value is -2.75. The fraction of sp³-hybridized carbons (Fsp3) is 0.400. The zero-order chi connectivity index (χ0) is 18.3. The van der Waals surface area contributed by atoms with E-state index in [0.29, 0.717) is 16.5 Å². The van der Waals surface area contributed by atoms with Crippen molar-refractivity contribution in [2.45, 2.75) is 26.2 Å². The molecule has 9 nitrogen and oxygen atoms in total. The molecule has 0 saturated carbocycles. The summed E-state index contributed by atoms with van der Waals surface area (Å²) in [5, 5.41) is 17.8. The number of nitro groups is 1. The molecule has 1 atom stereocenters. The van der Waals surface area contributed by atoms with Crippen LogP contribution in [-0.2, 0) is 19.9 Å². The van der Waals surface area contributed by atoms with Crippen LogP contribution in [0.2, 0.25) is 0 Å². The number of hydrogen-bond donors (Lipinski definition) is 2. The van der Waals surface area contributed by atoms with Crippen molar-refractivity contribution in [1.29, 1.82) is 0 Å². The van der Waals surface area contributed by atoms with E-state index in [0.717, 1.165) is 40.6 Å². The number of fused-ring (bicyclic) bond motifs is 1. The first kappa shape index (κ1) is 17.1. The Labute approximate surface area is 147 Å². The number of nitrogens with two attached hydrogens (primary N) is 1. The van der Waals surface area contributed by atoms with Gasteiger partial charge >= 0.3 is 5.69 Å². The average molecular weight is 363 g/mol. The van der Waals surface area contributed by atoms with Crippen molar-refractivity contribution in [2.75, 3.05) is 5.32 Å². The fourth-order valence-electron chi connectivity index (χ4n) is 3.08. The van der Waals surface area contributed by atoms with Crippen molar-refractivity contribution in [3.8, 4) is 0 Å². The number of rotatable bonds is 4. The van der Waals surface area contributed by atoms with Crippen molar-refractivity contribution in [3.63, 3.8) is 0 Å². The molecule has 10 heteroatoms. The van der Waals surface area contributed by atoms with Crippen LogP contribution in [0.4, 0.5) is 10.7 Å². The maximum absolute atomic E-state index is 12.6. The fourth-order valence-corrected chi connectivity index (χ4v) is 4.50. The minimum absolute atomic E-state index is 0.180. The third-order valence-electron chi connectivity index (χ3n) is 4.32. The molecule has 3 N–H and O–H groups in total. The average Bonchev–Trinajstić information content (AvgIpc) is 3.06. The van der Waals surface area contributed by atoms with E-state index in [9.17, 15) is 19.7 Å². The number of anilines is 1. The summed E-state index contributed by atoms with van der Waals surface area (Å²) in [6, 6.07) is 0. The SMILES string of the molecule is C[C@@H]1CCc2c(sc(NC(=O)c3c([N+](=O)[O-])cnn3C)c2C(N)=O)C1. The van der Waals surface area contributed by atoms with E-state index < -0.39 is 22.4 Å². The van der Waals surface area contributed by atoms with Crippen LogP contribution in [0.1, 0.15) is 44.6 Å². The number of primary amides is 1. The first-order valence-corrected chi connectivity index (χ1v) is 8.53. The zero-order valence-corrected chi connectivity index (χ0v) is 14.6. The smallest absolute Gasteiger partial charge is 0.320 e. The number of thiophene rings is 1. The normalized spacial score (nSPS) is 16.3. The highest BCUT2D eigenvalue weighted by Gasteiger charge is 2.30. The van der Waals surface area contributed by atoms with Gasteiger partial charge in [-0.3, -0.25) is 24.4 Å². The maximum atomic E-state index is 12.6. The molecule has 25 heavy (non-hydrogen) atoms. The number of hydrogen-bond acceptors (Lipinski definition) is 6. The van der Waals surface area contributed by atoms with E-state index in [1.165, 1.54) is 18.4 Å². The van der Waals surface area contributed by atoms with E-state index in [4.69, 9.17) is 5.73 Å². The lowest BCUT2D eigenvalue weighted by Crippen LogP contribution is -2.21. The Balaban J connectivity index is 1.99. The lowest BCUT2D eigenvalue weighted by Gasteiger charge is -2.18. The molecule has 0 bridgehead atoms. The summed E-state index contributed by atoms with van der Waals surface area (Å²) >= 11 is 1.31. The highest BCUT2D eigenvalue weighted by atomic mass is 32.1. The van der Waals surface area contributed by atoms with Crippen molar-refractivity contribution < 1.29 is 14.5 Å². The zero-order valence-electron chi connectivity index (χ0n) is 13.7. The minimum Gasteiger partial charge on any atom is -0.365 e. The molecule has 2 aromatic heterocycles. The van der Waals surface area contributed by atoms with Gasteiger partial charge in [0, 0.05) is 11.9 Å². The number of aromatic nitrogens is 2. The summed E-state index contributed by atoms with van der Waals surface area (Å²) in [5.74, 6) is -0.809. The van der Waals surface area contributed by atoms with Crippen LogP contribution in [-0.4, -0.2) is 26.5 Å². The molecule has 0 fully saturated rings. The summed E-state index contributed by atoms with van der Waals surface area (Å²) < 4.78 is 1.13. The van der Waals surface area contributed by atoms with Gasteiger partial charge in [-0.05, 0) is 30.7 Å². The minimum atomic E-state index is -0.694. The number of carbonyl (C=O) groups is 2. The Morgan fingerprint density at radius 2 is 2.24 bits per heavy atom. The summed E-state index contributed by atoms with van der Waals surface area (Å²) in [6.45, 7) is 2.13. The van der Waals surface area contributed by atoms with E-state index in [1.807, 2.05) is 0 Å². The quantitative estimate of drug-likeness (QED) is 0.632. The van der Waals surface area contributed by atoms with Gasteiger partial charge in [-0.15, -0.1) is 11.3 Å². The van der Waals surface area contributed by atoms with Crippen LogP contribution in [0, 0.1) is 16.0 Å². The highest BCUT2D eigenvalue weighted by Crippen LogP contribution is 2.39. The Morgan fingerprint density at radius 3 is 2.88 bits per heavy atom. The van der Waals surface area contributed by atoms with E-state index in [2.05, 4.69) is 17.3 Å². The molecule has 3 rings (SSSR count). The van der Waals surface area contributed by atoms with Gasteiger partial charge in [-0.1, -0.05) is 6.92 Å². The second-order valence-corrected chi connectivity index (χ2v) is 7.24. The molecule has 0 saturated heterocycles. The van der Waals surface area contributed by atoms with Gasteiger partial charge in [0.15, 0.2) is 0 Å². The van der Waals surface area contributed by atoms with Gasteiger partial charge in [0.05, 0.1) is 10.5 Å². The standard InChI is InChI=1S/C15H17N5O4S/c1-7-3-4-8-10(5-7)25-15(11(8)13(16)21)18-14(22)12-9(20(23)24)6-17-19(12)2/h6-7H,3-5H2,1-2H3,(H2,16,21)(H,18,22)/t7-/m1/s1. The molecule has 0 aliphatic heterocycles. The van der Waals surface area contributed by atoms with Crippen LogP contribution in [0.25, 0.3) is 0 Å². The summed E-state index contributed by atoms with van der Waals surface area (Å²) in [7, 11) is 1.44. The Kier molecular flexibility index (Phi) is 4.29. The molecule has 1 aliphatic rings. The first-order valence-electron chi connectivity index (χ1n) is 7.71. The molecule has 0 aromatic carbocycles. The van der Waals surface area contributed by atoms with Gasteiger partial charge in [0.1, 0.15) is 11.2 Å². The Bertz CT molecular complexity index is 885. The predicted octanol–water partition coefficient (Wildman–Crippen LogP) is 1.87. The molecule has 1 aliphatic carbocycles. The number of amides is 2. The summed E-state index contributed by atoms with van der Waals surface area (Å²) in [4.78, 5) is 35.9. The number of aryl methyl sites for hydroxylation is 1. The number of nitrogens with one attached hydrogen (secondary N) is 1. The lowest BCUT2D eigenvalue weighted by molar-refractivity contribution is -0.385. The molecule has 2 heterocycles. The largest absolute Gasteiger partial charge is 0.365 e. The predicted molar refractivity (Wildman–Crippen MR) is 91.8 cm³/mol. The van der Waals surface area contributed by atoms with Gasteiger partial charge in [0.25, 0.3) is 11.8 Å². The monoisotopic (exact) mass is 363 g/mol. The van der Waals surface area contributed by atoms with Crippen molar-refractivity contribution >= 4 is 33.8 Å². The molecular formula is C15H17N5O4S. The van der Waals surface area contributed by atoms with Crippen molar-refractivity contribution in [1.82, 2.24) is 9.78 Å². The van der Waals surface area contributed by atoms with Crippen molar-refractivity contribution in [2.24, 2.45) is 18.7 Å². The molecule has 0 unspecified atom stereocenters. The van der Waals surface area contributed by atoms with E-state index in [-0.39, 0.29) is 5.69 Å². The Morgan fingerprint density at radius 1 is 1.52 bits per heavy atom. The first-order chi connectivity index (χ1) is 11.8. The van der Waals surface area contributed by atoms with Crippen LogP contribution in [0.15, 0.2) is 6.20 Å². The molecule has 2 aromatic rings. The molecule has 0 radical (unpaired) electrons. The van der Waals surface area contributed by atoms with E-state index in [1.54, 1.807) is 0 Å². The van der Waals surface area contributed by atoms with Gasteiger partial charge in [-0.2, -0.15) is 5.10 Å². The third-order valence-corrected chi connectivity index (χ3v) is 5.49. The van der Waals surface area contributed by atoms with Gasteiger partial charge in [-0.25, -0.2) is 0 Å². The van der Waals surface area contributed by atoms with Crippen LogP contribution in [0.3, 0.4) is 0 Å². The highest BCUT2D eigenvalue weighted by molar-refractivity contribution is 7.17. The molecule has 132 valence electrons. The molecule has 2 amide bonds. The van der Waals surface area contributed by atoms with Gasteiger partial charge < -0.3 is 11.1 Å². The third kappa shape index (κ3) is 3.00. The lowest BCUT2D eigenvalue weighted by atomic mass is 9.88. The molecule has 0 spiro atoms. The maximum Gasteiger partial charge on any atom is 0.320 e. The number of nitrogens with zero attached hydrogens (tertiary/aromatic N) is 3. The molecular weight excluding hydrogens is 346 g/mol. The summed E-state index contributed by atoms with van der Waals surface area (Å²) in [6.07, 6.45) is 3.52. The van der Waals surface area contributed by atoms with Crippen LogP contribution >= 0.6 is 11.3 Å². The van der Waals surface area contributed by atoms with Crippen LogP contribution in [0.5, 0.6) is 0 Å². The second-order valence-electron chi connectivity index (χ2n) is 6.13. The van der Waals surface area contributed by atoms with Crippen LogP contribution < -0.4 is 11.1 Å². The topological polar surface area (TPSA) is 133 Å². The number of carbonyl (C=O) groups excluding carboxylic acids is 2. The van der Waals surface area contributed by atoms with Gasteiger partial charge in [0.2, 0.25) is 5.69 Å². The van der Waals surface area contributed by atoms with E-state index >= 15 is 0 Å². The second kappa shape index (κ2) is 6.28. The van der Waals surface area contributed by atoms with Crippen molar-refractivity contribution in [3.05, 3.63) is 38.0 Å². The summed E-state index contributed by atoms with van der Waals surface area (Å²) in [5.41, 5.74) is 6.13.